The summed E-state index contributed by atoms with van der Waals surface area (Å²) in [7, 11) is 0. The van der Waals surface area contributed by atoms with Crippen molar-refractivity contribution in [1.29, 1.82) is 0 Å². The van der Waals surface area contributed by atoms with E-state index in [1.165, 1.54) is 17.7 Å². The van der Waals surface area contributed by atoms with Crippen molar-refractivity contribution in [2.45, 2.75) is 64.8 Å². The molecular formula is C25H28O5. The lowest BCUT2D eigenvalue weighted by Gasteiger charge is -2.38. The van der Waals surface area contributed by atoms with Gasteiger partial charge in [0.05, 0.1) is 18.1 Å². The number of aliphatic hydroxyl groups excluding tert-OH is 1. The number of carbonyl (C=O) groups excluding carboxylic acids is 1. The Kier molecular flexibility index (Phi) is 5.10. The summed E-state index contributed by atoms with van der Waals surface area (Å²) in [5, 5.41) is 20.3. The van der Waals surface area contributed by atoms with Gasteiger partial charge in [0.25, 0.3) is 0 Å². The van der Waals surface area contributed by atoms with Crippen LogP contribution in [0.2, 0.25) is 0 Å². The van der Waals surface area contributed by atoms with Gasteiger partial charge >= 0.3 is 0 Å². The minimum Gasteiger partial charge on any atom is -0.508 e. The van der Waals surface area contributed by atoms with Crippen molar-refractivity contribution in [3.63, 3.8) is 0 Å². The molecule has 0 bridgehead atoms. The quantitative estimate of drug-likeness (QED) is 0.721. The summed E-state index contributed by atoms with van der Waals surface area (Å²) in [6.45, 7) is 7.89. The second-order valence-electron chi connectivity index (χ2n) is 8.99. The number of fused-ring (bicyclic) bond motifs is 2. The van der Waals surface area contributed by atoms with Gasteiger partial charge in [-0.15, -0.1) is 0 Å². The maximum absolute atomic E-state index is 12.7. The normalized spacial score (nSPS) is 21.7. The summed E-state index contributed by atoms with van der Waals surface area (Å²) in [6, 6.07) is 8.60. The lowest BCUT2D eigenvalue weighted by molar-refractivity contribution is -0.0417. The Hall–Kier alpha value is -2.79. The lowest BCUT2D eigenvalue weighted by atomic mass is 9.86. The Morgan fingerprint density at radius 1 is 1.20 bits per heavy atom. The zero-order valence-corrected chi connectivity index (χ0v) is 17.9. The average Bonchev–Trinajstić information content (AvgIpc) is 2.66. The van der Waals surface area contributed by atoms with Gasteiger partial charge in [0.2, 0.25) is 0 Å². The first-order chi connectivity index (χ1) is 14.1. The molecule has 2 aliphatic rings. The highest BCUT2D eigenvalue weighted by Gasteiger charge is 2.38. The van der Waals surface area contributed by atoms with Gasteiger partial charge in [0, 0.05) is 12.5 Å². The van der Waals surface area contributed by atoms with Crippen LogP contribution in [0.15, 0.2) is 42.0 Å². The lowest BCUT2D eigenvalue weighted by Crippen LogP contribution is -2.46. The van der Waals surface area contributed by atoms with Crippen LogP contribution in [0.3, 0.4) is 0 Å². The van der Waals surface area contributed by atoms with Crippen LogP contribution < -0.4 is 9.47 Å². The maximum Gasteiger partial charge on any atom is 0.170 e. The molecule has 0 spiro atoms. The molecule has 0 radical (unpaired) electrons. The highest BCUT2D eigenvalue weighted by atomic mass is 16.5. The third-order valence-electron chi connectivity index (χ3n) is 5.85. The average molecular weight is 408 g/mol. The summed E-state index contributed by atoms with van der Waals surface area (Å²) in [5.41, 5.74) is 3.85. The second kappa shape index (κ2) is 7.47. The van der Waals surface area contributed by atoms with Crippen molar-refractivity contribution in [3.05, 3.63) is 64.2 Å². The predicted octanol–water partition coefficient (Wildman–Crippen LogP) is 4.68. The fraction of sp³-hybridized carbons (Fsp3) is 0.400. The molecule has 0 aromatic heterocycles. The molecule has 2 aromatic rings. The molecule has 2 aliphatic heterocycles. The molecule has 2 aromatic carbocycles. The Balaban J connectivity index is 1.76. The zero-order chi connectivity index (χ0) is 21.6. The molecule has 5 nitrogen and oxygen atoms in total. The van der Waals surface area contributed by atoms with Crippen LogP contribution in [-0.4, -0.2) is 27.7 Å². The fourth-order valence-electron chi connectivity index (χ4n) is 4.00. The van der Waals surface area contributed by atoms with Gasteiger partial charge < -0.3 is 19.7 Å². The van der Waals surface area contributed by atoms with Gasteiger partial charge in [0.15, 0.2) is 5.78 Å². The highest BCUT2D eigenvalue weighted by Crippen LogP contribution is 2.42. The Labute approximate surface area is 177 Å². The molecule has 0 amide bonds. The number of allylic oxidation sites excluding steroid dienone is 2. The van der Waals surface area contributed by atoms with E-state index < -0.39 is 17.8 Å². The Morgan fingerprint density at radius 2 is 1.97 bits per heavy atom. The van der Waals surface area contributed by atoms with Crippen LogP contribution in [-0.2, 0) is 12.8 Å². The summed E-state index contributed by atoms with van der Waals surface area (Å²) in [5.74, 6) is 1.27. The number of phenolic OH excluding ortho intramolecular Hbond substituents is 1. The molecule has 158 valence electrons. The van der Waals surface area contributed by atoms with E-state index in [-0.39, 0.29) is 18.0 Å². The van der Waals surface area contributed by atoms with Crippen LogP contribution in [0.5, 0.6) is 17.2 Å². The third-order valence-corrected chi connectivity index (χ3v) is 5.85. The first-order valence-corrected chi connectivity index (χ1v) is 10.3. The number of ether oxygens (including phenoxy) is 2. The molecule has 0 fully saturated rings. The first kappa shape index (κ1) is 20.5. The van der Waals surface area contributed by atoms with Crippen molar-refractivity contribution >= 4 is 5.78 Å². The number of aromatic hydroxyl groups is 1. The maximum atomic E-state index is 12.7. The van der Waals surface area contributed by atoms with Crippen molar-refractivity contribution in [2.75, 3.05) is 0 Å². The molecule has 0 saturated heterocycles. The second-order valence-corrected chi connectivity index (χ2v) is 8.99. The van der Waals surface area contributed by atoms with Crippen LogP contribution in [0, 0.1) is 0 Å². The van der Waals surface area contributed by atoms with E-state index in [2.05, 4.69) is 19.9 Å². The molecule has 30 heavy (non-hydrogen) atoms. The number of phenols is 1. The van der Waals surface area contributed by atoms with Gasteiger partial charge in [-0.2, -0.15) is 0 Å². The van der Waals surface area contributed by atoms with Crippen LogP contribution in [0.4, 0.5) is 0 Å². The number of rotatable bonds is 3. The smallest absolute Gasteiger partial charge is 0.170 e. The number of carbonyl (C=O) groups is 1. The number of hydrogen-bond donors (Lipinski definition) is 2. The number of Topliss-reactive ketones (excluding diaryl/α,β-unsaturated/α-hetero) is 1. The summed E-state index contributed by atoms with van der Waals surface area (Å²) >= 11 is 0. The van der Waals surface area contributed by atoms with Gasteiger partial charge in [-0.3, -0.25) is 4.79 Å². The van der Waals surface area contributed by atoms with E-state index in [9.17, 15) is 15.0 Å². The number of hydrogen-bond acceptors (Lipinski definition) is 5. The molecule has 0 saturated carbocycles. The molecule has 2 N–H and O–H groups in total. The minimum absolute atomic E-state index is 0.0118. The van der Waals surface area contributed by atoms with Gasteiger partial charge in [0.1, 0.15) is 29.0 Å². The molecule has 1 unspecified atom stereocenters. The van der Waals surface area contributed by atoms with E-state index in [1.807, 2.05) is 26.0 Å². The van der Waals surface area contributed by atoms with E-state index in [1.54, 1.807) is 6.07 Å². The van der Waals surface area contributed by atoms with Gasteiger partial charge in [-0.05, 0) is 75.1 Å². The molecule has 4 rings (SSSR count). The van der Waals surface area contributed by atoms with Crippen molar-refractivity contribution in [3.8, 4) is 17.2 Å². The minimum atomic E-state index is -0.665. The Morgan fingerprint density at radius 3 is 2.70 bits per heavy atom. The number of benzene rings is 2. The monoisotopic (exact) mass is 408 g/mol. The van der Waals surface area contributed by atoms with Crippen molar-refractivity contribution in [1.82, 2.24) is 0 Å². The first-order valence-electron chi connectivity index (χ1n) is 10.3. The summed E-state index contributed by atoms with van der Waals surface area (Å²) in [4.78, 5) is 12.7. The van der Waals surface area contributed by atoms with Crippen molar-refractivity contribution < 1.29 is 24.5 Å². The summed E-state index contributed by atoms with van der Waals surface area (Å²) < 4.78 is 12.3. The van der Waals surface area contributed by atoms with Crippen molar-refractivity contribution in [2.24, 2.45) is 0 Å². The van der Waals surface area contributed by atoms with Crippen LogP contribution >= 0.6 is 0 Å². The highest BCUT2D eigenvalue weighted by molar-refractivity contribution is 6.00. The number of ketones is 1. The molecule has 5 heteroatoms. The molecular weight excluding hydrogens is 380 g/mol. The summed E-state index contributed by atoms with van der Waals surface area (Å²) in [6.07, 6.45) is 2.48. The largest absolute Gasteiger partial charge is 0.508 e. The SMILES string of the molecule is CC(C)=CCc1cc([C@@H]2CC(=O)c3ccc(O)cc3O2)cc2c1OC(C)(C)C(O)C2. The van der Waals surface area contributed by atoms with E-state index in [0.717, 1.165) is 22.4 Å². The Bertz CT molecular complexity index is 1030. The zero-order valence-electron chi connectivity index (χ0n) is 17.9. The standard InChI is InChI=1S/C25H28O5/c1-14(2)5-6-15-9-16(10-17-11-23(28)25(3,4)30-24(15)17)21-13-20(27)19-8-7-18(26)12-22(19)29-21/h5,7-10,12,21,23,26,28H,6,11,13H2,1-4H3/t21-,23?/m0/s1. The molecule has 2 atom stereocenters. The molecule has 0 aliphatic carbocycles. The van der Waals surface area contributed by atoms with Crippen LogP contribution in [0.25, 0.3) is 0 Å². The third kappa shape index (κ3) is 3.82. The van der Waals surface area contributed by atoms with E-state index >= 15 is 0 Å². The fourth-order valence-corrected chi connectivity index (χ4v) is 4.00. The van der Waals surface area contributed by atoms with Gasteiger partial charge in [-0.1, -0.05) is 11.6 Å². The van der Waals surface area contributed by atoms with Crippen LogP contribution in [0.1, 0.15) is 67.3 Å². The topological polar surface area (TPSA) is 76.0 Å². The van der Waals surface area contributed by atoms with E-state index in [4.69, 9.17) is 9.47 Å². The number of aliphatic hydroxyl groups is 1. The van der Waals surface area contributed by atoms with Gasteiger partial charge in [-0.25, -0.2) is 0 Å². The molecule has 2 heterocycles. The van der Waals surface area contributed by atoms with E-state index in [0.29, 0.717) is 24.2 Å². The predicted molar refractivity (Wildman–Crippen MR) is 114 cm³/mol.